The molecule has 0 unspecified atom stereocenters. The van der Waals surface area contributed by atoms with Crippen LogP contribution >= 0.6 is 0 Å². The van der Waals surface area contributed by atoms with E-state index in [4.69, 9.17) is 4.74 Å². The van der Waals surface area contributed by atoms with Gasteiger partial charge in [-0.1, -0.05) is 18.2 Å². The number of rotatable bonds is 5. The molecule has 1 saturated carbocycles. The lowest BCUT2D eigenvalue weighted by molar-refractivity contribution is 0.199. The lowest BCUT2D eigenvalue weighted by atomic mass is 10.2. The van der Waals surface area contributed by atoms with Crippen LogP contribution in [0.15, 0.2) is 35.5 Å². The van der Waals surface area contributed by atoms with Crippen molar-refractivity contribution in [3.8, 4) is 5.88 Å². The van der Waals surface area contributed by atoms with Crippen molar-refractivity contribution >= 4 is 5.96 Å². The molecule has 5 heteroatoms. The minimum Gasteiger partial charge on any atom is -0.474 e. The monoisotopic (exact) mass is 314 g/mol. The Kier molecular flexibility index (Phi) is 5.51. The van der Waals surface area contributed by atoms with Crippen molar-refractivity contribution in [3.63, 3.8) is 0 Å². The van der Waals surface area contributed by atoms with E-state index in [0.717, 1.165) is 43.1 Å². The van der Waals surface area contributed by atoms with Crippen molar-refractivity contribution in [3.05, 3.63) is 36.0 Å². The van der Waals surface area contributed by atoms with Gasteiger partial charge < -0.3 is 15.4 Å². The number of aromatic nitrogens is 1. The predicted octanol–water partition coefficient (Wildman–Crippen LogP) is 2.79. The topological polar surface area (TPSA) is 58.5 Å². The van der Waals surface area contributed by atoms with E-state index in [-0.39, 0.29) is 0 Å². The second kappa shape index (κ2) is 7.99. The van der Waals surface area contributed by atoms with E-state index in [9.17, 15) is 0 Å². The van der Waals surface area contributed by atoms with E-state index in [2.05, 4.69) is 38.8 Å². The molecule has 3 rings (SSSR count). The molecule has 1 heterocycles. The first-order chi connectivity index (χ1) is 11.3. The molecule has 1 aromatic heterocycles. The zero-order valence-corrected chi connectivity index (χ0v) is 13.8. The van der Waals surface area contributed by atoms with Gasteiger partial charge in [-0.2, -0.15) is 0 Å². The lowest BCUT2D eigenvalue weighted by Gasteiger charge is -2.18. The summed E-state index contributed by atoms with van der Waals surface area (Å²) < 4.78 is 6.08. The summed E-state index contributed by atoms with van der Waals surface area (Å²) in [6.07, 6.45) is 13.5. The molecular weight excluding hydrogens is 288 g/mol. The molecule has 2 aliphatic carbocycles. The van der Waals surface area contributed by atoms with Gasteiger partial charge in [0.1, 0.15) is 6.10 Å². The van der Waals surface area contributed by atoms with Crippen molar-refractivity contribution in [2.45, 2.75) is 57.2 Å². The van der Waals surface area contributed by atoms with Crippen LogP contribution in [0, 0.1) is 0 Å². The van der Waals surface area contributed by atoms with Crippen molar-refractivity contribution in [1.29, 1.82) is 0 Å². The van der Waals surface area contributed by atoms with Gasteiger partial charge in [0.05, 0.1) is 0 Å². The maximum absolute atomic E-state index is 6.08. The van der Waals surface area contributed by atoms with Crippen molar-refractivity contribution < 1.29 is 4.74 Å². The summed E-state index contributed by atoms with van der Waals surface area (Å²) in [5.74, 6) is 1.58. The number of hydrogen-bond acceptors (Lipinski definition) is 3. The molecule has 0 aliphatic heterocycles. The van der Waals surface area contributed by atoms with E-state index in [1.807, 2.05) is 6.07 Å². The molecule has 5 nitrogen and oxygen atoms in total. The van der Waals surface area contributed by atoms with Crippen LogP contribution in [-0.2, 0) is 6.54 Å². The number of hydrogen-bond donors (Lipinski definition) is 2. The SMILES string of the molecule is CN=C(NCc1cccnc1OC1CCCC1)NC1CC=CC1. The quantitative estimate of drug-likeness (QED) is 0.498. The first kappa shape index (κ1) is 15.8. The second-order valence-corrected chi connectivity index (χ2v) is 6.20. The predicted molar refractivity (Wildman–Crippen MR) is 92.6 cm³/mol. The molecule has 0 aromatic carbocycles. The lowest BCUT2D eigenvalue weighted by Crippen LogP contribution is -2.42. The molecular formula is C18H26N4O. The minimum atomic E-state index is 0.325. The Morgan fingerprint density at radius 1 is 1.30 bits per heavy atom. The van der Waals surface area contributed by atoms with Crippen LogP contribution in [0.5, 0.6) is 5.88 Å². The molecule has 0 amide bonds. The number of aliphatic imine (C=N–C) groups is 1. The molecule has 0 radical (unpaired) electrons. The Hall–Kier alpha value is -2.04. The van der Waals surface area contributed by atoms with E-state index in [0.29, 0.717) is 18.7 Å². The zero-order valence-electron chi connectivity index (χ0n) is 13.8. The van der Waals surface area contributed by atoms with Gasteiger partial charge in [-0.15, -0.1) is 0 Å². The Morgan fingerprint density at radius 3 is 2.83 bits per heavy atom. The minimum absolute atomic E-state index is 0.325. The van der Waals surface area contributed by atoms with Gasteiger partial charge in [-0.05, 0) is 44.6 Å². The fraction of sp³-hybridized carbons (Fsp3) is 0.556. The summed E-state index contributed by atoms with van der Waals surface area (Å²) in [4.78, 5) is 8.72. The average Bonchev–Trinajstić information content (AvgIpc) is 3.26. The summed E-state index contributed by atoms with van der Waals surface area (Å²) in [6.45, 7) is 0.662. The van der Waals surface area contributed by atoms with E-state index in [1.165, 1.54) is 12.8 Å². The second-order valence-electron chi connectivity index (χ2n) is 6.20. The van der Waals surface area contributed by atoms with Gasteiger partial charge in [-0.25, -0.2) is 4.98 Å². The van der Waals surface area contributed by atoms with Crippen LogP contribution in [0.3, 0.4) is 0 Å². The number of nitrogens with one attached hydrogen (secondary N) is 2. The third-order valence-electron chi connectivity index (χ3n) is 4.45. The highest BCUT2D eigenvalue weighted by molar-refractivity contribution is 5.80. The summed E-state index contributed by atoms with van der Waals surface area (Å²) in [5, 5.41) is 6.81. The van der Waals surface area contributed by atoms with Gasteiger partial charge >= 0.3 is 0 Å². The summed E-state index contributed by atoms with van der Waals surface area (Å²) in [6, 6.07) is 4.47. The number of pyridine rings is 1. The van der Waals surface area contributed by atoms with Gasteiger partial charge in [0.25, 0.3) is 0 Å². The highest BCUT2D eigenvalue weighted by atomic mass is 16.5. The van der Waals surface area contributed by atoms with Gasteiger partial charge in [0.2, 0.25) is 5.88 Å². The highest BCUT2D eigenvalue weighted by Gasteiger charge is 2.19. The van der Waals surface area contributed by atoms with Gasteiger partial charge in [0, 0.05) is 31.4 Å². The van der Waals surface area contributed by atoms with Gasteiger partial charge in [0.15, 0.2) is 5.96 Å². The van der Waals surface area contributed by atoms with Crippen LogP contribution in [0.4, 0.5) is 0 Å². The fourth-order valence-corrected chi connectivity index (χ4v) is 3.13. The van der Waals surface area contributed by atoms with Gasteiger partial charge in [-0.3, -0.25) is 4.99 Å². The molecule has 124 valence electrons. The van der Waals surface area contributed by atoms with E-state index < -0.39 is 0 Å². The smallest absolute Gasteiger partial charge is 0.218 e. The van der Waals surface area contributed by atoms with Crippen LogP contribution in [0.1, 0.15) is 44.1 Å². The Labute approximate surface area is 138 Å². The van der Waals surface area contributed by atoms with E-state index >= 15 is 0 Å². The maximum Gasteiger partial charge on any atom is 0.218 e. The molecule has 0 bridgehead atoms. The third-order valence-corrected chi connectivity index (χ3v) is 4.45. The largest absolute Gasteiger partial charge is 0.474 e. The van der Waals surface area contributed by atoms with E-state index in [1.54, 1.807) is 13.2 Å². The van der Waals surface area contributed by atoms with Crippen LogP contribution < -0.4 is 15.4 Å². The Bertz CT molecular complexity index is 556. The van der Waals surface area contributed by atoms with Crippen molar-refractivity contribution in [2.75, 3.05) is 7.05 Å². The van der Waals surface area contributed by atoms with Crippen LogP contribution in [0.25, 0.3) is 0 Å². The summed E-state index contributed by atoms with van der Waals surface area (Å²) >= 11 is 0. The molecule has 0 atom stereocenters. The average molecular weight is 314 g/mol. The molecule has 0 spiro atoms. The molecule has 2 aliphatic rings. The molecule has 23 heavy (non-hydrogen) atoms. The number of guanidine groups is 1. The number of nitrogens with zero attached hydrogens (tertiary/aromatic N) is 2. The molecule has 0 saturated heterocycles. The standard InChI is InChI=1S/C18H26N4O/c1-19-18(22-15-8-2-3-9-15)21-13-14-7-6-12-20-17(14)23-16-10-4-5-11-16/h2-3,6-7,12,15-16H,4-5,8-11,13H2,1H3,(H2,19,21,22). The fourth-order valence-electron chi connectivity index (χ4n) is 3.13. The first-order valence-corrected chi connectivity index (χ1v) is 8.58. The summed E-state index contributed by atoms with van der Waals surface area (Å²) in [5.41, 5.74) is 1.08. The summed E-state index contributed by atoms with van der Waals surface area (Å²) in [7, 11) is 1.80. The van der Waals surface area contributed by atoms with Crippen molar-refractivity contribution in [1.82, 2.24) is 15.6 Å². The first-order valence-electron chi connectivity index (χ1n) is 8.58. The Balaban J connectivity index is 1.56. The Morgan fingerprint density at radius 2 is 2.09 bits per heavy atom. The van der Waals surface area contributed by atoms with Crippen LogP contribution in [-0.4, -0.2) is 30.1 Å². The molecule has 2 N–H and O–H groups in total. The number of ether oxygens (including phenoxy) is 1. The normalized spacial score (nSPS) is 19.3. The van der Waals surface area contributed by atoms with Crippen LogP contribution in [0.2, 0.25) is 0 Å². The zero-order chi connectivity index (χ0) is 15.9. The molecule has 1 aromatic rings. The molecule has 1 fully saturated rings. The van der Waals surface area contributed by atoms with Crippen molar-refractivity contribution in [2.24, 2.45) is 4.99 Å². The maximum atomic E-state index is 6.08. The third kappa shape index (κ3) is 4.47. The highest BCUT2D eigenvalue weighted by Crippen LogP contribution is 2.24.